The lowest BCUT2D eigenvalue weighted by Gasteiger charge is -2.26. The van der Waals surface area contributed by atoms with E-state index in [2.05, 4.69) is 10.1 Å². The van der Waals surface area contributed by atoms with E-state index in [1.807, 2.05) is 0 Å². The fourth-order valence-electron chi connectivity index (χ4n) is 1.66. The number of hydrogen-bond acceptors (Lipinski definition) is 7. The highest BCUT2D eigenvalue weighted by molar-refractivity contribution is 5.68. The van der Waals surface area contributed by atoms with Gasteiger partial charge in [0.15, 0.2) is 0 Å². The molecule has 0 heterocycles. The summed E-state index contributed by atoms with van der Waals surface area (Å²) in [6.07, 6.45) is -1.80. The number of aliphatic hydroxyl groups is 4. The highest BCUT2D eigenvalue weighted by Crippen LogP contribution is 2.09. The van der Waals surface area contributed by atoms with Gasteiger partial charge in [-0.15, -0.1) is 0 Å². The molecule has 0 aromatic rings. The molecule has 0 aliphatic heterocycles. The predicted molar refractivity (Wildman–Crippen MR) is 73.0 cm³/mol. The number of rotatable bonds is 11. The van der Waals surface area contributed by atoms with Crippen LogP contribution in [-0.4, -0.2) is 71.5 Å². The molecule has 0 aliphatic rings. The molecule has 0 fully saturated rings. The summed E-state index contributed by atoms with van der Waals surface area (Å²) in [4.78, 5) is 10.8. The van der Waals surface area contributed by atoms with Crippen molar-refractivity contribution in [3.8, 4) is 0 Å². The smallest absolute Gasteiger partial charge is 0.305 e. The van der Waals surface area contributed by atoms with Gasteiger partial charge in [0, 0.05) is 25.5 Å². The minimum atomic E-state index is -1.31. The minimum absolute atomic E-state index is 0.134. The maximum Gasteiger partial charge on any atom is 0.305 e. The molecule has 4 atom stereocenters. The van der Waals surface area contributed by atoms with E-state index in [0.717, 1.165) is 6.42 Å². The van der Waals surface area contributed by atoms with Gasteiger partial charge in [0.2, 0.25) is 0 Å². The van der Waals surface area contributed by atoms with E-state index < -0.39 is 24.2 Å². The number of methoxy groups -OCH3 is 1. The van der Waals surface area contributed by atoms with Crippen molar-refractivity contribution in [2.24, 2.45) is 5.92 Å². The molecule has 0 bridgehead atoms. The highest BCUT2D eigenvalue weighted by Gasteiger charge is 2.28. The van der Waals surface area contributed by atoms with Crippen LogP contribution in [0, 0.1) is 5.92 Å². The standard InChI is InChI=1S/C13H27NO6/c1-9(8-15)12(18)13(19)10(16)7-14-6-4-3-5-11(17)20-2/h9-10,12-16,18-19H,3-8H2,1-2H3. The second-order valence-electron chi connectivity index (χ2n) is 4.95. The van der Waals surface area contributed by atoms with Crippen LogP contribution in [-0.2, 0) is 9.53 Å². The van der Waals surface area contributed by atoms with Gasteiger partial charge in [-0.1, -0.05) is 6.92 Å². The van der Waals surface area contributed by atoms with Crippen LogP contribution < -0.4 is 5.32 Å². The third-order valence-corrected chi connectivity index (χ3v) is 3.18. The van der Waals surface area contributed by atoms with Crippen molar-refractivity contribution in [2.45, 2.75) is 44.5 Å². The molecule has 0 aromatic carbocycles. The second-order valence-corrected chi connectivity index (χ2v) is 4.95. The van der Waals surface area contributed by atoms with Gasteiger partial charge in [-0.25, -0.2) is 0 Å². The quantitative estimate of drug-likeness (QED) is 0.235. The number of nitrogens with one attached hydrogen (secondary N) is 1. The van der Waals surface area contributed by atoms with Crippen molar-refractivity contribution in [1.82, 2.24) is 5.32 Å². The fraction of sp³-hybridized carbons (Fsp3) is 0.923. The van der Waals surface area contributed by atoms with E-state index in [0.29, 0.717) is 19.4 Å². The van der Waals surface area contributed by atoms with E-state index in [1.54, 1.807) is 6.92 Å². The molecule has 0 aromatic heterocycles. The summed E-state index contributed by atoms with van der Waals surface area (Å²) in [7, 11) is 1.34. The molecule has 0 saturated heterocycles. The van der Waals surface area contributed by atoms with Crippen molar-refractivity contribution in [3.63, 3.8) is 0 Å². The van der Waals surface area contributed by atoms with Gasteiger partial charge in [-0.3, -0.25) is 4.79 Å². The first-order valence-corrected chi connectivity index (χ1v) is 6.86. The lowest BCUT2D eigenvalue weighted by molar-refractivity contribution is -0.140. The molecular formula is C13H27NO6. The zero-order valence-corrected chi connectivity index (χ0v) is 12.2. The van der Waals surface area contributed by atoms with Gasteiger partial charge >= 0.3 is 5.97 Å². The van der Waals surface area contributed by atoms with Crippen LogP contribution in [0.4, 0.5) is 0 Å². The van der Waals surface area contributed by atoms with Crippen LogP contribution >= 0.6 is 0 Å². The molecule has 0 aliphatic carbocycles. The van der Waals surface area contributed by atoms with E-state index in [4.69, 9.17) is 5.11 Å². The van der Waals surface area contributed by atoms with E-state index >= 15 is 0 Å². The Hall–Kier alpha value is -0.730. The molecule has 0 spiro atoms. The molecule has 5 N–H and O–H groups in total. The van der Waals surface area contributed by atoms with Crippen LogP contribution in [0.25, 0.3) is 0 Å². The Labute approximate surface area is 119 Å². The van der Waals surface area contributed by atoms with Gasteiger partial charge in [0.1, 0.15) is 6.10 Å². The zero-order valence-electron chi connectivity index (χ0n) is 12.2. The Balaban J connectivity index is 3.71. The topological polar surface area (TPSA) is 119 Å². The average Bonchev–Trinajstić information content (AvgIpc) is 2.47. The van der Waals surface area contributed by atoms with Gasteiger partial charge in [-0.2, -0.15) is 0 Å². The van der Waals surface area contributed by atoms with E-state index in [-0.39, 0.29) is 19.1 Å². The normalized spacial score (nSPS) is 17.3. The van der Waals surface area contributed by atoms with Crippen LogP contribution in [0.1, 0.15) is 26.2 Å². The van der Waals surface area contributed by atoms with Crippen LogP contribution in [0.15, 0.2) is 0 Å². The first kappa shape index (κ1) is 19.3. The summed E-state index contributed by atoms with van der Waals surface area (Å²) in [5.74, 6) is -0.749. The summed E-state index contributed by atoms with van der Waals surface area (Å²) < 4.78 is 4.51. The molecule has 0 amide bonds. The first-order chi connectivity index (χ1) is 9.43. The minimum Gasteiger partial charge on any atom is -0.469 e. The Kier molecular flexibility index (Phi) is 10.6. The number of ether oxygens (including phenoxy) is 1. The molecular weight excluding hydrogens is 266 g/mol. The summed E-state index contributed by atoms with van der Waals surface area (Å²) in [5.41, 5.74) is 0. The van der Waals surface area contributed by atoms with Gasteiger partial charge < -0.3 is 30.5 Å². The summed E-state index contributed by atoms with van der Waals surface area (Å²) in [6, 6.07) is 0. The molecule has 0 radical (unpaired) electrons. The number of carbonyl (C=O) groups excluding carboxylic acids is 1. The van der Waals surface area contributed by atoms with Gasteiger partial charge in [-0.05, 0) is 19.4 Å². The maximum absolute atomic E-state index is 10.8. The molecule has 4 unspecified atom stereocenters. The Morgan fingerprint density at radius 2 is 1.85 bits per heavy atom. The SMILES string of the molecule is COC(=O)CCCCNCC(O)C(O)C(O)C(C)CO. The summed E-state index contributed by atoms with van der Waals surface area (Å²) in [6.45, 7) is 2.05. The van der Waals surface area contributed by atoms with Crippen molar-refractivity contribution < 1.29 is 30.0 Å². The number of unbranched alkanes of at least 4 members (excludes halogenated alkanes) is 1. The van der Waals surface area contributed by atoms with Crippen molar-refractivity contribution in [3.05, 3.63) is 0 Å². The second kappa shape index (κ2) is 11.0. The highest BCUT2D eigenvalue weighted by atomic mass is 16.5. The largest absolute Gasteiger partial charge is 0.469 e. The fourth-order valence-corrected chi connectivity index (χ4v) is 1.66. The average molecular weight is 293 g/mol. The molecule has 0 rings (SSSR count). The van der Waals surface area contributed by atoms with Gasteiger partial charge in [0.25, 0.3) is 0 Å². The maximum atomic E-state index is 10.8. The monoisotopic (exact) mass is 293 g/mol. The number of esters is 1. The first-order valence-electron chi connectivity index (χ1n) is 6.86. The van der Waals surface area contributed by atoms with Gasteiger partial charge in [0.05, 0.1) is 19.3 Å². The van der Waals surface area contributed by atoms with E-state index in [9.17, 15) is 20.1 Å². The van der Waals surface area contributed by atoms with Crippen LogP contribution in [0.3, 0.4) is 0 Å². The molecule has 120 valence electrons. The molecule has 7 heteroatoms. The molecule has 7 nitrogen and oxygen atoms in total. The summed E-state index contributed by atoms with van der Waals surface area (Å²) in [5, 5.41) is 40.8. The summed E-state index contributed by atoms with van der Waals surface area (Å²) >= 11 is 0. The lowest BCUT2D eigenvalue weighted by atomic mass is 9.97. The Morgan fingerprint density at radius 3 is 2.40 bits per heavy atom. The predicted octanol–water partition coefficient (Wildman–Crippen LogP) is -1.37. The molecule has 0 saturated carbocycles. The van der Waals surface area contributed by atoms with Crippen molar-refractivity contribution >= 4 is 5.97 Å². The van der Waals surface area contributed by atoms with Crippen molar-refractivity contribution in [2.75, 3.05) is 26.8 Å². The number of aliphatic hydroxyl groups excluding tert-OH is 4. The number of hydrogen-bond donors (Lipinski definition) is 5. The lowest BCUT2D eigenvalue weighted by Crippen LogP contribution is -2.46. The third kappa shape index (κ3) is 7.76. The third-order valence-electron chi connectivity index (χ3n) is 3.18. The van der Waals surface area contributed by atoms with E-state index in [1.165, 1.54) is 7.11 Å². The Morgan fingerprint density at radius 1 is 1.20 bits per heavy atom. The van der Waals surface area contributed by atoms with Crippen LogP contribution in [0.2, 0.25) is 0 Å². The van der Waals surface area contributed by atoms with Crippen LogP contribution in [0.5, 0.6) is 0 Å². The number of carbonyl (C=O) groups is 1. The Bertz CT molecular complexity index is 263. The van der Waals surface area contributed by atoms with Crippen molar-refractivity contribution in [1.29, 1.82) is 0 Å². The zero-order chi connectivity index (χ0) is 15.5. The molecule has 20 heavy (non-hydrogen) atoms.